The molecule has 1 atom stereocenters. The van der Waals surface area contributed by atoms with Gasteiger partial charge in [0.25, 0.3) is 5.91 Å². The van der Waals surface area contributed by atoms with E-state index in [4.69, 9.17) is 0 Å². The number of sulfonamides is 1. The highest BCUT2D eigenvalue weighted by atomic mass is 32.2. The van der Waals surface area contributed by atoms with Gasteiger partial charge in [-0.15, -0.1) is 0 Å². The number of carbonyl (C=O) groups excluding carboxylic acids is 1. The highest BCUT2D eigenvalue weighted by molar-refractivity contribution is 7.88. The normalized spacial score (nSPS) is 19.5. The van der Waals surface area contributed by atoms with E-state index in [1.807, 2.05) is 0 Å². The third kappa shape index (κ3) is 4.47. The quantitative estimate of drug-likeness (QED) is 0.832. The summed E-state index contributed by atoms with van der Waals surface area (Å²) in [5.74, 6) is -1.00. The van der Waals surface area contributed by atoms with Crippen molar-refractivity contribution in [2.75, 3.05) is 19.3 Å². The molecule has 0 radical (unpaired) electrons. The number of nitrogens with one attached hydrogen (secondary N) is 1. The van der Waals surface area contributed by atoms with Crippen LogP contribution in [0.15, 0.2) is 18.3 Å². The Morgan fingerprint density at radius 3 is 2.95 bits per heavy atom. The molecule has 0 spiro atoms. The average Bonchev–Trinajstić information content (AvgIpc) is 2.44. The fourth-order valence-corrected chi connectivity index (χ4v) is 2.92. The Morgan fingerprint density at radius 2 is 2.29 bits per heavy atom. The van der Waals surface area contributed by atoms with Gasteiger partial charge in [-0.3, -0.25) is 4.79 Å². The molecule has 0 bridgehead atoms. The maximum Gasteiger partial charge on any atom is 0.254 e. The van der Waals surface area contributed by atoms with Gasteiger partial charge in [-0.05, 0) is 25.3 Å². The van der Waals surface area contributed by atoms with Crippen molar-refractivity contribution in [1.29, 1.82) is 0 Å². The summed E-state index contributed by atoms with van der Waals surface area (Å²) in [5.41, 5.74) is 0.230. The fourth-order valence-electron chi connectivity index (χ4n) is 2.43. The minimum absolute atomic E-state index is 0.179. The van der Waals surface area contributed by atoms with Crippen molar-refractivity contribution >= 4 is 15.9 Å². The molecule has 1 aromatic heterocycles. The van der Waals surface area contributed by atoms with E-state index in [9.17, 15) is 17.6 Å². The van der Waals surface area contributed by atoms with Gasteiger partial charge in [0.1, 0.15) is 0 Å². The molecule has 1 N–H and O–H groups in total. The third-order valence-electron chi connectivity index (χ3n) is 3.44. The Labute approximate surface area is 123 Å². The number of aromatic nitrogens is 1. The van der Waals surface area contributed by atoms with Crippen LogP contribution < -0.4 is 4.72 Å². The van der Waals surface area contributed by atoms with Gasteiger partial charge in [-0.2, -0.15) is 4.39 Å². The molecule has 6 nitrogen and oxygen atoms in total. The molecule has 0 aliphatic carbocycles. The van der Waals surface area contributed by atoms with Crippen LogP contribution in [0.1, 0.15) is 29.6 Å². The molecular formula is C13H18FN3O3S. The van der Waals surface area contributed by atoms with E-state index in [2.05, 4.69) is 9.71 Å². The minimum Gasteiger partial charge on any atom is -0.334 e. The Hall–Kier alpha value is -1.54. The van der Waals surface area contributed by atoms with Gasteiger partial charge in [0.15, 0.2) is 0 Å². The van der Waals surface area contributed by atoms with Gasteiger partial charge in [0.2, 0.25) is 16.0 Å². The molecular weight excluding hydrogens is 297 g/mol. The maximum atomic E-state index is 13.1. The molecule has 1 fully saturated rings. The summed E-state index contributed by atoms with van der Waals surface area (Å²) in [5, 5.41) is 0. The summed E-state index contributed by atoms with van der Waals surface area (Å²) in [6.45, 7) is 0.719. The van der Waals surface area contributed by atoms with E-state index in [0.29, 0.717) is 6.54 Å². The molecule has 1 unspecified atom stereocenters. The van der Waals surface area contributed by atoms with E-state index < -0.39 is 16.0 Å². The van der Waals surface area contributed by atoms with E-state index in [0.717, 1.165) is 31.6 Å². The molecule has 0 aromatic carbocycles. The summed E-state index contributed by atoms with van der Waals surface area (Å²) in [7, 11) is -3.30. The van der Waals surface area contributed by atoms with Gasteiger partial charge < -0.3 is 4.90 Å². The van der Waals surface area contributed by atoms with Gasteiger partial charge in [-0.1, -0.05) is 0 Å². The summed E-state index contributed by atoms with van der Waals surface area (Å²) in [6, 6.07) is 2.34. The first-order valence-electron chi connectivity index (χ1n) is 6.74. The van der Waals surface area contributed by atoms with E-state index >= 15 is 0 Å². The number of amides is 1. The number of pyridine rings is 1. The average molecular weight is 315 g/mol. The number of carbonyl (C=O) groups is 1. The van der Waals surface area contributed by atoms with E-state index in [1.54, 1.807) is 4.90 Å². The molecule has 1 aliphatic rings. The Bertz CT molecular complexity index is 621. The summed E-state index contributed by atoms with van der Waals surface area (Å²) >= 11 is 0. The molecule has 2 heterocycles. The number of hydrogen-bond donors (Lipinski definition) is 1. The van der Waals surface area contributed by atoms with Gasteiger partial charge in [0.05, 0.1) is 6.26 Å². The lowest BCUT2D eigenvalue weighted by atomic mass is 10.0. The van der Waals surface area contributed by atoms with E-state index in [1.165, 1.54) is 12.3 Å². The Morgan fingerprint density at radius 1 is 1.52 bits per heavy atom. The zero-order valence-electron chi connectivity index (χ0n) is 11.8. The number of piperidine rings is 1. The van der Waals surface area contributed by atoms with Crippen LogP contribution in [0.25, 0.3) is 0 Å². The van der Waals surface area contributed by atoms with Crippen LogP contribution in [0.5, 0.6) is 0 Å². The molecule has 0 saturated carbocycles. The van der Waals surface area contributed by atoms with Crippen LogP contribution in [0.2, 0.25) is 0 Å². The molecule has 2 rings (SSSR count). The Balaban J connectivity index is 2.12. The first-order valence-corrected chi connectivity index (χ1v) is 8.63. The zero-order chi connectivity index (χ0) is 15.5. The van der Waals surface area contributed by atoms with Gasteiger partial charge in [-0.25, -0.2) is 18.1 Å². The highest BCUT2D eigenvalue weighted by Gasteiger charge is 2.28. The lowest BCUT2D eigenvalue weighted by Crippen LogP contribution is -2.49. The third-order valence-corrected chi connectivity index (χ3v) is 4.13. The lowest BCUT2D eigenvalue weighted by Gasteiger charge is -2.35. The van der Waals surface area contributed by atoms with Gasteiger partial charge in [0, 0.05) is 37.0 Å². The topological polar surface area (TPSA) is 79.4 Å². The van der Waals surface area contributed by atoms with Crippen molar-refractivity contribution in [2.45, 2.75) is 25.3 Å². The predicted octanol–water partition coefficient (Wildman–Crippen LogP) is 0.765. The van der Waals surface area contributed by atoms with Crippen molar-refractivity contribution < 1.29 is 17.6 Å². The summed E-state index contributed by atoms with van der Waals surface area (Å²) < 4.78 is 37.9. The monoisotopic (exact) mass is 315 g/mol. The number of hydrogen-bond acceptors (Lipinski definition) is 4. The molecule has 1 aliphatic heterocycles. The van der Waals surface area contributed by atoms with Crippen molar-refractivity contribution in [1.82, 2.24) is 14.6 Å². The largest absolute Gasteiger partial charge is 0.334 e. The number of likely N-dealkylation sites (tertiary alicyclic amines) is 1. The Kier molecular flexibility index (Phi) is 4.89. The molecule has 8 heteroatoms. The van der Waals surface area contributed by atoms with E-state index in [-0.39, 0.29) is 24.1 Å². The minimum atomic E-state index is -3.30. The number of nitrogens with zero attached hydrogens (tertiary/aromatic N) is 2. The summed E-state index contributed by atoms with van der Waals surface area (Å²) in [4.78, 5) is 17.5. The highest BCUT2D eigenvalue weighted by Crippen LogP contribution is 2.19. The van der Waals surface area contributed by atoms with Crippen molar-refractivity contribution in [2.24, 2.45) is 0 Å². The second-order valence-corrected chi connectivity index (χ2v) is 6.97. The van der Waals surface area contributed by atoms with Crippen LogP contribution in [-0.2, 0) is 10.0 Å². The van der Waals surface area contributed by atoms with Crippen molar-refractivity contribution in [3.8, 4) is 0 Å². The molecule has 1 amide bonds. The summed E-state index contributed by atoms with van der Waals surface area (Å²) in [6.07, 6.45) is 4.84. The van der Waals surface area contributed by atoms with Crippen LogP contribution >= 0.6 is 0 Å². The fraction of sp³-hybridized carbons (Fsp3) is 0.538. The SMILES string of the molecule is CS(=O)(=O)NCC1CCCCN1C(=O)c1ccnc(F)c1. The second-order valence-electron chi connectivity index (χ2n) is 5.14. The van der Waals surface area contributed by atoms with Crippen LogP contribution in [-0.4, -0.2) is 49.6 Å². The van der Waals surface area contributed by atoms with Crippen molar-refractivity contribution in [3.05, 3.63) is 29.8 Å². The number of rotatable bonds is 4. The van der Waals surface area contributed by atoms with Crippen LogP contribution in [0, 0.1) is 5.95 Å². The number of halogens is 1. The first-order chi connectivity index (χ1) is 9.87. The maximum absolute atomic E-state index is 13.1. The van der Waals surface area contributed by atoms with Crippen LogP contribution in [0.4, 0.5) is 4.39 Å². The van der Waals surface area contributed by atoms with Crippen LogP contribution in [0.3, 0.4) is 0 Å². The standard InChI is InChI=1S/C13H18FN3O3S/c1-21(19,20)16-9-11-4-2-3-7-17(11)13(18)10-5-6-15-12(14)8-10/h5-6,8,11,16H,2-4,7,9H2,1H3. The molecule has 21 heavy (non-hydrogen) atoms. The smallest absolute Gasteiger partial charge is 0.254 e. The zero-order valence-corrected chi connectivity index (χ0v) is 12.6. The molecule has 116 valence electrons. The molecule has 1 saturated heterocycles. The predicted molar refractivity (Wildman–Crippen MR) is 75.7 cm³/mol. The van der Waals surface area contributed by atoms with Crippen molar-refractivity contribution in [3.63, 3.8) is 0 Å². The lowest BCUT2D eigenvalue weighted by molar-refractivity contribution is 0.0618. The second kappa shape index (κ2) is 6.48. The molecule has 1 aromatic rings. The first kappa shape index (κ1) is 15.8. The van der Waals surface area contributed by atoms with Gasteiger partial charge >= 0.3 is 0 Å².